The van der Waals surface area contributed by atoms with Gasteiger partial charge in [-0.2, -0.15) is 0 Å². The average Bonchev–Trinajstić information content (AvgIpc) is 2.84. The van der Waals surface area contributed by atoms with Crippen LogP contribution in [0.4, 0.5) is 0 Å². The minimum atomic E-state index is -0.776. The lowest BCUT2D eigenvalue weighted by Crippen LogP contribution is -2.10. The number of aliphatic hydroxyl groups excluding tert-OH is 1. The van der Waals surface area contributed by atoms with Gasteiger partial charge in [0.2, 0.25) is 0 Å². The van der Waals surface area contributed by atoms with E-state index < -0.39 is 11.7 Å². The number of ketones is 1. The Balaban J connectivity index is 1.95. The molecular weight excluding hydrogens is 316 g/mol. The summed E-state index contributed by atoms with van der Waals surface area (Å²) in [6.07, 6.45) is 16.4. The van der Waals surface area contributed by atoms with Gasteiger partial charge in [-0.15, -0.1) is 0 Å². The van der Waals surface area contributed by atoms with Crippen LogP contribution in [0.1, 0.15) is 96.8 Å². The summed E-state index contributed by atoms with van der Waals surface area (Å²) in [6, 6.07) is 0. The largest absolute Gasteiger partial charge is 0.504 e. The smallest absolute Gasteiger partial charge is 0.351 e. The maximum absolute atomic E-state index is 12.0. The van der Waals surface area contributed by atoms with E-state index in [4.69, 9.17) is 0 Å². The number of Topliss-reactive ketones (excluding diaryl/α,β-unsaturated/α-hetero) is 1. The van der Waals surface area contributed by atoms with E-state index in [9.17, 15) is 14.7 Å². The van der Waals surface area contributed by atoms with Gasteiger partial charge in [-0.05, 0) is 6.42 Å². The third-order valence-electron chi connectivity index (χ3n) is 4.71. The van der Waals surface area contributed by atoms with Crippen LogP contribution in [0.15, 0.2) is 23.7 Å². The van der Waals surface area contributed by atoms with Crippen LogP contribution >= 0.6 is 0 Å². The Morgan fingerprint density at radius 2 is 1.32 bits per heavy atom. The number of cyclic esters (lactones) is 1. The molecule has 1 aliphatic heterocycles. The lowest BCUT2D eigenvalue weighted by atomic mass is 10.0. The number of rotatable bonds is 15. The van der Waals surface area contributed by atoms with Gasteiger partial charge in [0, 0.05) is 6.42 Å². The van der Waals surface area contributed by atoms with Crippen LogP contribution in [0.5, 0.6) is 0 Å². The maximum atomic E-state index is 12.0. The zero-order valence-electron chi connectivity index (χ0n) is 15.8. The number of carbonyl (C=O) groups is 2. The van der Waals surface area contributed by atoms with E-state index >= 15 is 0 Å². The van der Waals surface area contributed by atoms with Crippen molar-refractivity contribution in [2.24, 2.45) is 0 Å². The van der Waals surface area contributed by atoms with Crippen molar-refractivity contribution in [2.75, 3.05) is 0 Å². The molecule has 1 aliphatic rings. The summed E-state index contributed by atoms with van der Waals surface area (Å²) in [5.41, 5.74) is -0.232. The highest BCUT2D eigenvalue weighted by Crippen LogP contribution is 2.24. The second-order valence-electron chi connectivity index (χ2n) is 6.95. The predicted molar refractivity (Wildman–Crippen MR) is 100 cm³/mol. The summed E-state index contributed by atoms with van der Waals surface area (Å²) in [7, 11) is 0. The number of hydrogen-bond acceptors (Lipinski definition) is 4. The minimum Gasteiger partial charge on any atom is -0.504 e. The fourth-order valence-electron chi connectivity index (χ4n) is 3.12. The molecule has 0 spiro atoms. The lowest BCUT2D eigenvalue weighted by molar-refractivity contribution is -0.134. The molecule has 0 aromatic heterocycles. The third-order valence-corrected chi connectivity index (χ3v) is 4.71. The number of hydrogen-bond donors (Lipinski definition) is 1. The lowest BCUT2D eigenvalue weighted by Gasteiger charge is -2.03. The first kappa shape index (κ1) is 21.5. The first-order valence-electron chi connectivity index (χ1n) is 9.95. The van der Waals surface area contributed by atoms with Crippen molar-refractivity contribution in [1.29, 1.82) is 0 Å². The van der Waals surface area contributed by atoms with Crippen LogP contribution in [-0.2, 0) is 14.3 Å². The molecule has 0 atom stereocenters. The molecule has 0 amide bonds. The fourth-order valence-corrected chi connectivity index (χ4v) is 3.12. The second kappa shape index (κ2) is 12.7. The summed E-state index contributed by atoms with van der Waals surface area (Å²) in [5.74, 6) is -1.64. The first-order chi connectivity index (χ1) is 12.1. The van der Waals surface area contributed by atoms with Gasteiger partial charge in [-0.1, -0.05) is 90.6 Å². The molecule has 142 valence electrons. The van der Waals surface area contributed by atoms with Crippen LogP contribution in [0, 0.1) is 0 Å². The molecular formula is C21H34O4. The Hall–Kier alpha value is -1.58. The van der Waals surface area contributed by atoms with E-state index in [1.54, 1.807) is 0 Å². The molecule has 1 N–H and O–H groups in total. The Morgan fingerprint density at radius 1 is 0.880 bits per heavy atom. The molecule has 0 aromatic rings. The third kappa shape index (κ3) is 8.37. The van der Waals surface area contributed by atoms with Crippen molar-refractivity contribution in [3.8, 4) is 0 Å². The molecule has 0 radical (unpaired) electrons. The van der Waals surface area contributed by atoms with Gasteiger partial charge in [0.1, 0.15) is 5.57 Å². The molecule has 1 rings (SSSR count). The number of unbranched alkanes of at least 4 members (excludes halogenated alkanes) is 12. The van der Waals surface area contributed by atoms with Gasteiger partial charge in [0.05, 0.1) is 0 Å². The van der Waals surface area contributed by atoms with Crippen molar-refractivity contribution in [1.82, 2.24) is 0 Å². The van der Waals surface area contributed by atoms with E-state index in [0.29, 0.717) is 0 Å². The summed E-state index contributed by atoms with van der Waals surface area (Å²) in [4.78, 5) is 23.4. The van der Waals surface area contributed by atoms with Crippen molar-refractivity contribution in [3.05, 3.63) is 23.7 Å². The fraction of sp³-hybridized carbons (Fsp3) is 0.714. The van der Waals surface area contributed by atoms with Crippen molar-refractivity contribution in [3.63, 3.8) is 0 Å². The minimum absolute atomic E-state index is 0.126. The predicted octanol–water partition coefficient (Wildman–Crippen LogP) is 5.92. The van der Waals surface area contributed by atoms with E-state index in [0.717, 1.165) is 19.3 Å². The van der Waals surface area contributed by atoms with E-state index in [1.807, 2.05) is 0 Å². The van der Waals surface area contributed by atoms with Crippen molar-refractivity contribution >= 4 is 11.8 Å². The molecule has 25 heavy (non-hydrogen) atoms. The zero-order chi connectivity index (χ0) is 18.5. The van der Waals surface area contributed by atoms with E-state index in [2.05, 4.69) is 18.2 Å². The molecule has 0 aromatic carbocycles. The monoisotopic (exact) mass is 350 g/mol. The van der Waals surface area contributed by atoms with Crippen LogP contribution in [0.2, 0.25) is 0 Å². The number of carbonyl (C=O) groups excluding carboxylic acids is 2. The Kier molecular flexibility index (Phi) is 10.9. The van der Waals surface area contributed by atoms with Crippen LogP contribution in [0.3, 0.4) is 0 Å². The number of ether oxygens (including phenoxy) is 1. The molecule has 4 heteroatoms. The first-order valence-corrected chi connectivity index (χ1v) is 9.95. The van der Waals surface area contributed by atoms with E-state index in [1.165, 1.54) is 64.2 Å². The van der Waals surface area contributed by atoms with Crippen molar-refractivity contribution < 1.29 is 19.4 Å². The summed E-state index contributed by atoms with van der Waals surface area (Å²) < 4.78 is 4.65. The van der Waals surface area contributed by atoms with Crippen molar-refractivity contribution in [2.45, 2.75) is 96.8 Å². The Morgan fingerprint density at radius 3 is 1.72 bits per heavy atom. The Bertz CT molecular complexity index is 476. The summed E-state index contributed by atoms with van der Waals surface area (Å²) >= 11 is 0. The number of aliphatic hydroxyl groups is 1. The highest BCUT2D eigenvalue weighted by molar-refractivity contribution is 6.19. The quantitative estimate of drug-likeness (QED) is 0.226. The summed E-state index contributed by atoms with van der Waals surface area (Å²) in [6.45, 7) is 5.63. The van der Waals surface area contributed by atoms with Gasteiger partial charge in [-0.25, -0.2) is 4.79 Å². The normalized spacial score (nSPS) is 14.3. The molecule has 1 heterocycles. The summed E-state index contributed by atoms with van der Waals surface area (Å²) in [5, 5.41) is 9.62. The topological polar surface area (TPSA) is 63.6 Å². The van der Waals surface area contributed by atoms with Crippen LogP contribution in [0.25, 0.3) is 0 Å². The molecule has 0 unspecified atom stereocenters. The van der Waals surface area contributed by atoms with Gasteiger partial charge in [-0.3, -0.25) is 4.79 Å². The number of esters is 1. The highest BCUT2D eigenvalue weighted by atomic mass is 16.6. The molecule has 0 bridgehead atoms. The molecule has 0 saturated carbocycles. The maximum Gasteiger partial charge on any atom is 0.351 e. The van der Waals surface area contributed by atoms with Gasteiger partial charge in [0.15, 0.2) is 17.3 Å². The molecule has 4 nitrogen and oxygen atoms in total. The van der Waals surface area contributed by atoms with Gasteiger partial charge >= 0.3 is 5.97 Å². The van der Waals surface area contributed by atoms with Crippen LogP contribution < -0.4 is 0 Å². The van der Waals surface area contributed by atoms with Gasteiger partial charge in [0.25, 0.3) is 0 Å². The standard InChI is InChI=1S/C21H34O4/c1-3-4-5-6-7-8-9-10-11-12-13-14-15-16-18(22)19-20(23)17(2)25-21(19)24/h23H,2-16H2,1H3. The molecule has 0 saturated heterocycles. The molecule has 0 aliphatic carbocycles. The SMILES string of the molecule is C=C1OC(=O)C(C(=O)CCCCCCCCCCCCCCC)=C1O. The zero-order valence-corrected chi connectivity index (χ0v) is 15.8. The second-order valence-corrected chi connectivity index (χ2v) is 6.95. The van der Waals surface area contributed by atoms with Crippen LogP contribution in [-0.4, -0.2) is 16.9 Å². The Labute approximate surface area is 152 Å². The molecule has 0 fully saturated rings. The average molecular weight is 350 g/mol. The van der Waals surface area contributed by atoms with E-state index in [-0.39, 0.29) is 23.5 Å². The van der Waals surface area contributed by atoms with Gasteiger partial charge < -0.3 is 9.84 Å². The highest BCUT2D eigenvalue weighted by Gasteiger charge is 2.33.